The molecule has 1 aliphatic rings. The summed E-state index contributed by atoms with van der Waals surface area (Å²) in [5.74, 6) is 0. The van der Waals surface area contributed by atoms with Crippen LogP contribution in [0.25, 0.3) is 5.57 Å². The summed E-state index contributed by atoms with van der Waals surface area (Å²) < 4.78 is 6.13. The maximum atomic E-state index is 10.9. The summed E-state index contributed by atoms with van der Waals surface area (Å²) in [5, 5.41) is 21.3. The predicted molar refractivity (Wildman–Crippen MR) is 110 cm³/mol. The fourth-order valence-electron chi connectivity index (χ4n) is 3.38. The number of halogens is 1. The maximum absolute atomic E-state index is 10.9. The van der Waals surface area contributed by atoms with Crippen molar-refractivity contribution in [3.05, 3.63) is 117 Å². The van der Waals surface area contributed by atoms with E-state index in [1.54, 1.807) is 36.4 Å². The summed E-state index contributed by atoms with van der Waals surface area (Å²) in [6, 6.07) is 25.2. The van der Waals surface area contributed by atoms with E-state index < -0.39 is 10.5 Å². The third kappa shape index (κ3) is 3.64. The second-order valence-corrected chi connectivity index (χ2v) is 7.12. The fourth-order valence-corrected chi connectivity index (χ4v) is 3.51. The first kappa shape index (κ1) is 18.9. The fraction of sp³-hybridized carbons (Fsp3) is 0.0870. The molecule has 2 atom stereocenters. The number of epoxide rings is 1. The number of rotatable bonds is 5. The number of allylic oxidation sites excluding steroid dienone is 1. The van der Waals surface area contributed by atoms with Crippen molar-refractivity contribution in [2.24, 2.45) is 0 Å². The van der Waals surface area contributed by atoms with E-state index in [9.17, 15) is 15.4 Å². The van der Waals surface area contributed by atoms with Crippen molar-refractivity contribution >= 4 is 22.9 Å². The smallest absolute Gasteiger partial charge is 0.269 e. The molecule has 1 fully saturated rings. The zero-order valence-electron chi connectivity index (χ0n) is 15.2. The standard InChI is InChI=1S/C23H15ClN2O3/c24-20-10-6-16(7-11-20)18(15-25)14-23(19-4-2-1-3-5-19)22(29-23)17-8-12-21(13-9-17)26(27)28/h1-14,22H/b18-14+/t22-,23-/m0/s1. The number of nitro benzene ring substituents is 1. The SMILES string of the molecule is N#C/C(=C\[C@@]1(c2ccccc2)O[C@H]1c1ccc([N+](=O)[O-])cc1)c1ccc(Cl)cc1. The topological polar surface area (TPSA) is 79.5 Å². The van der Waals surface area contributed by atoms with Crippen molar-refractivity contribution in [3.8, 4) is 6.07 Å². The molecule has 0 N–H and O–H groups in total. The Kier molecular flexibility index (Phi) is 4.89. The van der Waals surface area contributed by atoms with Gasteiger partial charge in [0, 0.05) is 17.2 Å². The molecule has 0 aromatic heterocycles. The minimum atomic E-state index is -0.817. The van der Waals surface area contributed by atoms with Crippen molar-refractivity contribution in [2.45, 2.75) is 11.7 Å². The van der Waals surface area contributed by atoms with Crippen molar-refractivity contribution in [1.29, 1.82) is 5.26 Å². The molecule has 0 aliphatic carbocycles. The molecule has 5 nitrogen and oxygen atoms in total. The van der Waals surface area contributed by atoms with E-state index in [2.05, 4.69) is 6.07 Å². The Balaban J connectivity index is 1.76. The first-order chi connectivity index (χ1) is 14.0. The van der Waals surface area contributed by atoms with Crippen LogP contribution < -0.4 is 0 Å². The molecule has 0 saturated carbocycles. The zero-order chi connectivity index (χ0) is 20.4. The normalized spacial score (nSPS) is 20.7. The highest BCUT2D eigenvalue weighted by Gasteiger charge is 2.57. The average molecular weight is 403 g/mol. The summed E-state index contributed by atoms with van der Waals surface area (Å²) in [5.41, 5.74) is 2.13. The Morgan fingerprint density at radius 3 is 2.31 bits per heavy atom. The van der Waals surface area contributed by atoms with Crippen molar-refractivity contribution in [1.82, 2.24) is 0 Å². The van der Waals surface area contributed by atoms with Gasteiger partial charge in [-0.05, 0) is 47.0 Å². The molecular weight excluding hydrogens is 388 g/mol. The largest absolute Gasteiger partial charge is 0.351 e. The molecule has 29 heavy (non-hydrogen) atoms. The van der Waals surface area contributed by atoms with E-state index in [0.29, 0.717) is 10.6 Å². The van der Waals surface area contributed by atoms with Crippen LogP contribution in [0, 0.1) is 21.4 Å². The number of ether oxygens (including phenoxy) is 1. The number of nitrogens with zero attached hydrogens (tertiary/aromatic N) is 2. The van der Waals surface area contributed by atoms with Crippen molar-refractivity contribution in [2.75, 3.05) is 0 Å². The van der Waals surface area contributed by atoms with Gasteiger partial charge >= 0.3 is 0 Å². The minimum absolute atomic E-state index is 0.0223. The maximum Gasteiger partial charge on any atom is 0.269 e. The van der Waals surface area contributed by atoms with Gasteiger partial charge in [0.1, 0.15) is 11.7 Å². The number of nitriles is 1. The van der Waals surface area contributed by atoms with Gasteiger partial charge in [0.25, 0.3) is 5.69 Å². The Morgan fingerprint density at radius 1 is 1.07 bits per heavy atom. The van der Waals surface area contributed by atoms with E-state index in [-0.39, 0.29) is 11.8 Å². The van der Waals surface area contributed by atoms with Gasteiger partial charge in [0.05, 0.1) is 16.6 Å². The van der Waals surface area contributed by atoms with Gasteiger partial charge in [-0.2, -0.15) is 5.26 Å². The molecule has 0 amide bonds. The summed E-state index contributed by atoms with van der Waals surface area (Å²) >= 11 is 5.96. The lowest BCUT2D eigenvalue weighted by molar-refractivity contribution is -0.384. The van der Waals surface area contributed by atoms with E-state index in [1.165, 1.54) is 12.1 Å². The van der Waals surface area contributed by atoms with E-state index in [0.717, 1.165) is 16.7 Å². The minimum Gasteiger partial charge on any atom is -0.351 e. The summed E-state index contributed by atoms with van der Waals surface area (Å²) in [6.07, 6.45) is 1.47. The van der Waals surface area contributed by atoms with E-state index >= 15 is 0 Å². The van der Waals surface area contributed by atoms with Crippen LogP contribution in [0.5, 0.6) is 0 Å². The second kappa shape index (κ2) is 7.51. The Bertz CT molecular complexity index is 1120. The van der Waals surface area contributed by atoms with Crippen LogP contribution in [0.15, 0.2) is 84.9 Å². The number of hydrogen-bond acceptors (Lipinski definition) is 4. The predicted octanol–water partition coefficient (Wildman–Crippen LogP) is 5.82. The quantitative estimate of drug-likeness (QED) is 0.233. The lowest BCUT2D eigenvalue weighted by Crippen LogP contribution is -2.08. The highest BCUT2D eigenvalue weighted by atomic mass is 35.5. The Labute approximate surface area is 172 Å². The van der Waals surface area contributed by atoms with Crippen molar-refractivity contribution < 1.29 is 9.66 Å². The molecular formula is C23H15ClN2O3. The van der Waals surface area contributed by atoms with Gasteiger partial charge in [-0.25, -0.2) is 0 Å². The molecule has 0 spiro atoms. The first-order valence-corrected chi connectivity index (χ1v) is 9.28. The number of non-ortho nitro benzene ring substituents is 1. The molecule has 6 heteroatoms. The van der Waals surface area contributed by atoms with Crippen LogP contribution in [0.3, 0.4) is 0 Å². The van der Waals surface area contributed by atoms with Gasteiger partial charge in [-0.3, -0.25) is 10.1 Å². The number of hydrogen-bond donors (Lipinski definition) is 0. The van der Waals surface area contributed by atoms with Gasteiger partial charge in [-0.1, -0.05) is 54.1 Å². The summed E-state index contributed by atoms with van der Waals surface area (Å²) in [4.78, 5) is 10.5. The molecule has 1 aliphatic heterocycles. The molecule has 4 rings (SSSR count). The van der Waals surface area contributed by atoms with Crippen LogP contribution in [0.2, 0.25) is 5.02 Å². The third-order valence-corrected chi connectivity index (χ3v) is 5.16. The molecule has 0 radical (unpaired) electrons. The summed E-state index contributed by atoms with van der Waals surface area (Å²) in [7, 11) is 0. The first-order valence-electron chi connectivity index (χ1n) is 8.90. The molecule has 1 heterocycles. The van der Waals surface area contributed by atoms with Crippen LogP contribution in [-0.2, 0) is 10.3 Å². The molecule has 0 bridgehead atoms. The van der Waals surface area contributed by atoms with Crippen LogP contribution in [0.1, 0.15) is 22.8 Å². The molecule has 3 aromatic carbocycles. The van der Waals surface area contributed by atoms with Gasteiger partial charge in [-0.15, -0.1) is 0 Å². The van der Waals surface area contributed by atoms with Gasteiger partial charge in [0.2, 0.25) is 0 Å². The van der Waals surface area contributed by atoms with Crippen LogP contribution >= 0.6 is 11.6 Å². The van der Waals surface area contributed by atoms with Crippen LogP contribution in [0.4, 0.5) is 5.69 Å². The van der Waals surface area contributed by atoms with Crippen LogP contribution in [-0.4, -0.2) is 4.92 Å². The second-order valence-electron chi connectivity index (χ2n) is 6.68. The highest BCUT2D eigenvalue weighted by molar-refractivity contribution is 6.30. The van der Waals surface area contributed by atoms with E-state index in [1.807, 2.05) is 36.4 Å². The lowest BCUT2D eigenvalue weighted by Gasteiger charge is -2.11. The Hall–Kier alpha value is -3.46. The molecule has 3 aromatic rings. The van der Waals surface area contributed by atoms with E-state index in [4.69, 9.17) is 16.3 Å². The average Bonchev–Trinajstić information content (AvgIpc) is 3.49. The zero-order valence-corrected chi connectivity index (χ0v) is 15.9. The molecule has 0 unspecified atom stereocenters. The monoisotopic (exact) mass is 402 g/mol. The third-order valence-electron chi connectivity index (χ3n) is 4.91. The van der Waals surface area contributed by atoms with Gasteiger partial charge < -0.3 is 4.74 Å². The highest BCUT2D eigenvalue weighted by Crippen LogP contribution is 2.59. The number of nitro groups is 1. The summed E-state index contributed by atoms with van der Waals surface area (Å²) in [6.45, 7) is 0. The Morgan fingerprint density at radius 2 is 1.72 bits per heavy atom. The molecule has 142 valence electrons. The van der Waals surface area contributed by atoms with Gasteiger partial charge in [0.15, 0.2) is 0 Å². The van der Waals surface area contributed by atoms with Crippen molar-refractivity contribution in [3.63, 3.8) is 0 Å². The lowest BCUT2D eigenvalue weighted by atomic mass is 9.88. The number of benzene rings is 3. The molecule has 1 saturated heterocycles.